The maximum absolute atomic E-state index is 11.7. The van der Waals surface area contributed by atoms with Crippen LogP contribution in [0.15, 0.2) is 29.3 Å². The van der Waals surface area contributed by atoms with Crippen LogP contribution in [0.3, 0.4) is 0 Å². The smallest absolute Gasteiger partial charge is 0.326 e. The summed E-state index contributed by atoms with van der Waals surface area (Å²) in [6.07, 6.45) is 9.03. The lowest BCUT2D eigenvalue weighted by molar-refractivity contribution is -0.141. The Bertz CT molecular complexity index is 508. The molecule has 0 spiro atoms. The van der Waals surface area contributed by atoms with E-state index in [1.165, 1.54) is 12.2 Å². The van der Waals surface area contributed by atoms with Gasteiger partial charge in [0.15, 0.2) is 5.96 Å². The molecule has 0 saturated carbocycles. The van der Waals surface area contributed by atoms with Crippen LogP contribution in [0, 0.1) is 0 Å². The number of aliphatic carboxylic acids is 1. The maximum atomic E-state index is 11.7. The van der Waals surface area contributed by atoms with Gasteiger partial charge in [-0.25, -0.2) is 4.79 Å². The van der Waals surface area contributed by atoms with E-state index in [-0.39, 0.29) is 18.2 Å². The molecule has 1 amide bonds. The molecule has 0 aromatic carbocycles. The van der Waals surface area contributed by atoms with Gasteiger partial charge in [-0.3, -0.25) is 9.79 Å². The molecule has 0 aliphatic heterocycles. The number of nitrogens with zero attached hydrogens (tertiary/aromatic N) is 1. The van der Waals surface area contributed by atoms with Gasteiger partial charge in [-0.2, -0.15) is 0 Å². The van der Waals surface area contributed by atoms with Crippen molar-refractivity contribution in [3.63, 3.8) is 0 Å². The quantitative estimate of drug-likeness (QED) is 0.134. The number of allylic oxidation sites excluding steroid dienone is 3. The molecule has 0 radical (unpaired) electrons. The van der Waals surface area contributed by atoms with E-state index in [0.717, 1.165) is 12.8 Å². The number of guanidine groups is 1. The Morgan fingerprint density at radius 1 is 1.21 bits per heavy atom. The van der Waals surface area contributed by atoms with Gasteiger partial charge in [0.25, 0.3) is 0 Å². The van der Waals surface area contributed by atoms with Gasteiger partial charge in [0.05, 0.1) is 0 Å². The number of nitrogens with one attached hydrogen (secondary N) is 1. The molecule has 8 nitrogen and oxygen atoms in total. The lowest BCUT2D eigenvalue weighted by Gasteiger charge is -2.12. The summed E-state index contributed by atoms with van der Waals surface area (Å²) in [5, 5.41) is 11.5. The van der Waals surface area contributed by atoms with Crippen molar-refractivity contribution in [2.45, 2.75) is 45.1 Å². The van der Waals surface area contributed by atoms with Crippen molar-refractivity contribution in [2.75, 3.05) is 6.54 Å². The summed E-state index contributed by atoms with van der Waals surface area (Å²) in [6.45, 7) is 1.85. The number of carbonyl (C=O) groups excluding carboxylic acids is 2. The number of carbonyl (C=O) groups is 3. The highest BCUT2D eigenvalue weighted by molar-refractivity contribution is 5.91. The normalized spacial score (nSPS) is 12.2. The van der Waals surface area contributed by atoms with Crippen molar-refractivity contribution in [1.82, 2.24) is 5.32 Å². The van der Waals surface area contributed by atoms with Gasteiger partial charge in [0.1, 0.15) is 11.8 Å². The Kier molecular flexibility index (Phi) is 11.4. The van der Waals surface area contributed by atoms with E-state index in [4.69, 9.17) is 16.6 Å². The van der Waals surface area contributed by atoms with Gasteiger partial charge < -0.3 is 26.7 Å². The largest absolute Gasteiger partial charge is 0.480 e. The van der Waals surface area contributed by atoms with Crippen LogP contribution in [0.4, 0.5) is 0 Å². The van der Waals surface area contributed by atoms with Crippen LogP contribution in [0.2, 0.25) is 0 Å². The average molecular weight is 338 g/mol. The first-order chi connectivity index (χ1) is 11.3. The summed E-state index contributed by atoms with van der Waals surface area (Å²) in [5.41, 5.74) is 10.3. The fourth-order valence-corrected chi connectivity index (χ4v) is 1.77. The predicted molar refractivity (Wildman–Crippen MR) is 92.3 cm³/mol. The van der Waals surface area contributed by atoms with Gasteiger partial charge in [-0.15, -0.1) is 0 Å². The topological polar surface area (TPSA) is 148 Å². The van der Waals surface area contributed by atoms with Gasteiger partial charge in [-0.1, -0.05) is 18.2 Å². The summed E-state index contributed by atoms with van der Waals surface area (Å²) in [5.74, 6) is -1.50. The van der Waals surface area contributed by atoms with Crippen LogP contribution in [0.25, 0.3) is 0 Å². The number of Topliss-reactive ketones (excluding diaryl/α,β-unsaturated/α-hetero) is 1. The average Bonchev–Trinajstić information content (AvgIpc) is 2.48. The van der Waals surface area contributed by atoms with Crippen LogP contribution >= 0.6 is 0 Å². The molecule has 0 fully saturated rings. The van der Waals surface area contributed by atoms with E-state index in [1.54, 1.807) is 13.0 Å². The number of hydrogen-bond donors (Lipinski definition) is 4. The molecule has 24 heavy (non-hydrogen) atoms. The summed E-state index contributed by atoms with van der Waals surface area (Å²) in [6, 6.07) is -0.990. The fourth-order valence-electron chi connectivity index (χ4n) is 1.77. The minimum atomic E-state index is -1.11. The number of rotatable bonds is 12. The first kappa shape index (κ1) is 21.4. The van der Waals surface area contributed by atoms with Gasteiger partial charge in [0, 0.05) is 19.0 Å². The molecule has 0 aliphatic carbocycles. The van der Waals surface area contributed by atoms with E-state index in [9.17, 15) is 14.4 Å². The lowest BCUT2D eigenvalue weighted by Crippen LogP contribution is -2.40. The van der Waals surface area contributed by atoms with E-state index in [2.05, 4.69) is 10.3 Å². The molecule has 8 heteroatoms. The monoisotopic (exact) mass is 338 g/mol. The molecule has 0 aromatic heterocycles. The second kappa shape index (κ2) is 12.9. The van der Waals surface area contributed by atoms with Crippen molar-refractivity contribution in [3.05, 3.63) is 24.3 Å². The molecular weight excluding hydrogens is 312 g/mol. The number of aliphatic imine (C=N–C) groups is 1. The van der Waals surface area contributed by atoms with Crippen LogP contribution in [-0.2, 0) is 14.4 Å². The number of amides is 1. The molecule has 1 atom stereocenters. The molecule has 0 saturated heterocycles. The predicted octanol–water partition coefficient (Wildman–Crippen LogP) is 0.481. The number of ketones is 1. The third-order valence-corrected chi connectivity index (χ3v) is 2.95. The molecule has 0 rings (SSSR count). The molecule has 134 valence electrons. The molecule has 6 N–H and O–H groups in total. The third kappa shape index (κ3) is 13.1. The molecular formula is C16H26N4O4. The second-order valence-electron chi connectivity index (χ2n) is 5.23. The van der Waals surface area contributed by atoms with Crippen LogP contribution in [-0.4, -0.2) is 41.3 Å². The standard InChI is InChI=1S/C16H26N4O4/c1-12(21)8-5-3-2-4-6-10-14(22)20-13(15(23)24)9-7-11-19-16(17)18/h2,4,6,10,13H,3,5,7-9,11H2,1H3,(H,20,22)(H,23,24)(H4,17,18,19)/b4-2+,10-6+/t13-/m0/s1. The number of carboxylic acid groups (broad SMARTS) is 1. The Morgan fingerprint density at radius 2 is 1.92 bits per heavy atom. The first-order valence-electron chi connectivity index (χ1n) is 7.74. The van der Waals surface area contributed by atoms with Crippen molar-refractivity contribution in [3.8, 4) is 0 Å². The van der Waals surface area contributed by atoms with Gasteiger partial charge in [0.2, 0.25) is 5.91 Å². The molecule has 0 aromatic rings. The van der Waals surface area contributed by atoms with Gasteiger partial charge >= 0.3 is 5.97 Å². The number of nitrogens with two attached hydrogens (primary N) is 2. The van der Waals surface area contributed by atoms with Crippen molar-refractivity contribution >= 4 is 23.6 Å². The number of unbranched alkanes of at least 4 members (excludes halogenated alkanes) is 1. The van der Waals surface area contributed by atoms with E-state index < -0.39 is 17.9 Å². The zero-order valence-corrected chi connectivity index (χ0v) is 13.9. The van der Waals surface area contributed by atoms with E-state index >= 15 is 0 Å². The first-order valence-corrected chi connectivity index (χ1v) is 7.74. The number of hydrogen-bond acceptors (Lipinski definition) is 4. The van der Waals surface area contributed by atoms with Crippen LogP contribution < -0.4 is 16.8 Å². The molecule has 0 aliphatic rings. The number of carboxylic acids is 1. The molecule has 0 unspecified atom stereocenters. The highest BCUT2D eigenvalue weighted by Gasteiger charge is 2.17. The Hall–Kier alpha value is -2.64. The Labute approximate surface area is 141 Å². The van der Waals surface area contributed by atoms with Crippen LogP contribution in [0.5, 0.6) is 0 Å². The fraction of sp³-hybridized carbons (Fsp3) is 0.500. The zero-order valence-electron chi connectivity index (χ0n) is 13.9. The van der Waals surface area contributed by atoms with Crippen molar-refractivity contribution in [2.24, 2.45) is 16.5 Å². The minimum absolute atomic E-state index is 0.0519. The second-order valence-corrected chi connectivity index (χ2v) is 5.23. The summed E-state index contributed by atoms with van der Waals surface area (Å²) < 4.78 is 0. The third-order valence-electron chi connectivity index (χ3n) is 2.95. The molecule has 0 bridgehead atoms. The van der Waals surface area contributed by atoms with Crippen molar-refractivity contribution in [1.29, 1.82) is 0 Å². The summed E-state index contributed by atoms with van der Waals surface area (Å²) in [7, 11) is 0. The summed E-state index contributed by atoms with van der Waals surface area (Å²) in [4.78, 5) is 37.3. The highest BCUT2D eigenvalue weighted by atomic mass is 16.4. The van der Waals surface area contributed by atoms with Crippen molar-refractivity contribution < 1.29 is 19.5 Å². The lowest BCUT2D eigenvalue weighted by atomic mass is 10.1. The summed E-state index contributed by atoms with van der Waals surface area (Å²) >= 11 is 0. The minimum Gasteiger partial charge on any atom is -0.480 e. The van der Waals surface area contributed by atoms with E-state index in [0.29, 0.717) is 19.4 Å². The Balaban J connectivity index is 4.16. The van der Waals surface area contributed by atoms with Gasteiger partial charge in [-0.05, 0) is 32.6 Å². The molecule has 0 heterocycles. The SMILES string of the molecule is CC(=O)CCC/C=C/C=C/C(=O)N[C@@H](CCCN=C(N)N)C(=O)O. The Morgan fingerprint density at radius 3 is 2.50 bits per heavy atom. The highest BCUT2D eigenvalue weighted by Crippen LogP contribution is 2.00. The van der Waals surface area contributed by atoms with E-state index in [1.807, 2.05) is 6.08 Å². The zero-order chi connectivity index (χ0) is 18.4. The maximum Gasteiger partial charge on any atom is 0.326 e. The van der Waals surface area contributed by atoms with Crippen LogP contribution in [0.1, 0.15) is 39.0 Å².